The monoisotopic (exact) mass is 443 g/mol. The first-order valence-corrected chi connectivity index (χ1v) is 9.74. The highest BCUT2D eigenvalue weighted by molar-refractivity contribution is 6.33. The van der Waals surface area contributed by atoms with E-state index < -0.39 is 12.0 Å². The Balaban J connectivity index is 1.74. The summed E-state index contributed by atoms with van der Waals surface area (Å²) in [5.41, 5.74) is 1.92. The Hall–Kier alpha value is -3.49. The van der Waals surface area contributed by atoms with Crippen molar-refractivity contribution in [1.29, 1.82) is 0 Å². The van der Waals surface area contributed by atoms with E-state index in [-0.39, 0.29) is 12.2 Å². The van der Waals surface area contributed by atoms with E-state index >= 15 is 0 Å². The van der Waals surface area contributed by atoms with Crippen molar-refractivity contribution in [3.63, 3.8) is 0 Å². The van der Waals surface area contributed by atoms with Crippen molar-refractivity contribution in [1.82, 2.24) is 4.57 Å². The Morgan fingerprint density at radius 3 is 2.35 bits per heavy atom. The zero-order chi connectivity index (χ0) is 22.2. The molecule has 2 amide bonds. The van der Waals surface area contributed by atoms with Crippen LogP contribution in [0, 0.1) is 0 Å². The molecule has 2 N–H and O–H groups in total. The third-order valence-corrected chi connectivity index (χ3v) is 4.59. The van der Waals surface area contributed by atoms with Crippen LogP contribution < -0.4 is 15.4 Å². The number of nitrogens with one attached hydrogen (secondary N) is 2. The number of benzene rings is 2. The summed E-state index contributed by atoms with van der Waals surface area (Å²) in [5, 5.41) is 5.78. The molecule has 0 spiro atoms. The van der Waals surface area contributed by atoms with Crippen molar-refractivity contribution in [2.24, 2.45) is 0 Å². The van der Waals surface area contributed by atoms with Crippen molar-refractivity contribution in [3.8, 4) is 11.4 Å². The van der Waals surface area contributed by atoms with Gasteiger partial charge in [-0.3, -0.25) is 10.1 Å². The van der Waals surface area contributed by atoms with Crippen LogP contribution >= 0.6 is 11.6 Å². The van der Waals surface area contributed by atoms with Crippen LogP contribution in [-0.4, -0.2) is 44.0 Å². The predicted octanol–water partition coefficient (Wildman–Crippen LogP) is 4.59. The molecule has 0 saturated carbocycles. The SMILES string of the molecule is COCCOC(=O)Nc1cccc(NC(=O)c2cc(Cl)c(-n3cccc3)cc2OC)c1. The molecule has 1 aromatic heterocycles. The molecule has 0 unspecified atom stereocenters. The molecule has 162 valence electrons. The number of aromatic nitrogens is 1. The van der Waals surface area contributed by atoms with E-state index in [4.69, 9.17) is 25.8 Å². The maximum atomic E-state index is 12.9. The van der Waals surface area contributed by atoms with Crippen LogP contribution in [0.15, 0.2) is 60.9 Å². The van der Waals surface area contributed by atoms with Gasteiger partial charge in [-0.1, -0.05) is 17.7 Å². The second-order valence-corrected chi connectivity index (χ2v) is 6.79. The first kappa shape index (κ1) is 22.2. The topological polar surface area (TPSA) is 90.8 Å². The van der Waals surface area contributed by atoms with Gasteiger partial charge in [0.25, 0.3) is 5.91 Å². The second-order valence-electron chi connectivity index (χ2n) is 6.38. The van der Waals surface area contributed by atoms with E-state index in [0.717, 1.165) is 0 Å². The molecule has 0 atom stereocenters. The average Bonchev–Trinajstić information content (AvgIpc) is 3.28. The third kappa shape index (κ3) is 5.78. The number of halogens is 1. The number of hydrogen-bond acceptors (Lipinski definition) is 5. The summed E-state index contributed by atoms with van der Waals surface area (Å²) < 4.78 is 17.0. The van der Waals surface area contributed by atoms with Crippen LogP contribution in [0.2, 0.25) is 5.02 Å². The number of amides is 2. The van der Waals surface area contributed by atoms with Crippen molar-refractivity contribution in [3.05, 3.63) is 71.5 Å². The van der Waals surface area contributed by atoms with Crippen molar-refractivity contribution < 1.29 is 23.8 Å². The van der Waals surface area contributed by atoms with Gasteiger partial charge < -0.3 is 24.1 Å². The number of hydrogen-bond donors (Lipinski definition) is 2. The fourth-order valence-corrected chi connectivity index (χ4v) is 3.09. The normalized spacial score (nSPS) is 10.4. The number of nitrogens with zero attached hydrogens (tertiary/aromatic N) is 1. The van der Waals surface area contributed by atoms with Gasteiger partial charge in [-0.2, -0.15) is 0 Å². The smallest absolute Gasteiger partial charge is 0.411 e. The van der Waals surface area contributed by atoms with E-state index in [1.54, 1.807) is 36.4 Å². The van der Waals surface area contributed by atoms with Crippen LogP contribution in [-0.2, 0) is 9.47 Å². The maximum Gasteiger partial charge on any atom is 0.411 e. The lowest BCUT2D eigenvalue weighted by atomic mass is 10.1. The molecule has 9 heteroatoms. The standard InChI is InChI=1S/C22H22ClN3O5/c1-29-10-11-31-22(28)25-16-7-5-6-15(12-16)24-21(27)17-13-18(23)19(14-20(17)30-2)26-8-3-4-9-26/h3-9,12-14H,10-11H2,1-2H3,(H,24,27)(H,25,28). The lowest BCUT2D eigenvalue weighted by molar-refractivity contribution is 0.102. The lowest BCUT2D eigenvalue weighted by Gasteiger charge is -2.14. The molecule has 0 radical (unpaired) electrons. The molecule has 0 fully saturated rings. The maximum absolute atomic E-state index is 12.9. The Kier molecular flexibility index (Phi) is 7.53. The largest absolute Gasteiger partial charge is 0.496 e. The fraction of sp³-hybridized carbons (Fsp3) is 0.182. The van der Waals surface area contributed by atoms with Gasteiger partial charge in [0, 0.05) is 36.9 Å². The van der Waals surface area contributed by atoms with E-state index in [1.165, 1.54) is 14.2 Å². The van der Waals surface area contributed by atoms with Gasteiger partial charge in [0.05, 0.1) is 30.0 Å². The minimum absolute atomic E-state index is 0.137. The molecular weight excluding hydrogens is 422 g/mol. The number of carbonyl (C=O) groups is 2. The van der Waals surface area contributed by atoms with Crippen LogP contribution in [0.5, 0.6) is 5.75 Å². The first-order valence-electron chi connectivity index (χ1n) is 9.37. The van der Waals surface area contributed by atoms with Gasteiger partial charge in [-0.25, -0.2) is 4.79 Å². The summed E-state index contributed by atoms with van der Waals surface area (Å²) in [4.78, 5) is 24.7. The predicted molar refractivity (Wildman–Crippen MR) is 119 cm³/mol. The Morgan fingerprint density at radius 1 is 0.968 bits per heavy atom. The fourth-order valence-electron chi connectivity index (χ4n) is 2.83. The number of ether oxygens (including phenoxy) is 3. The van der Waals surface area contributed by atoms with Gasteiger partial charge in [0.1, 0.15) is 12.4 Å². The molecule has 3 aromatic rings. The molecule has 0 saturated heterocycles. The zero-order valence-electron chi connectivity index (χ0n) is 17.1. The number of methoxy groups -OCH3 is 2. The molecule has 0 aliphatic carbocycles. The average molecular weight is 444 g/mol. The Morgan fingerprint density at radius 2 is 1.68 bits per heavy atom. The summed E-state index contributed by atoms with van der Waals surface area (Å²) in [6.45, 7) is 0.440. The number of carbonyl (C=O) groups excluding carboxylic acids is 2. The van der Waals surface area contributed by atoms with Crippen LogP contribution in [0.4, 0.5) is 16.2 Å². The van der Waals surface area contributed by atoms with Gasteiger partial charge >= 0.3 is 6.09 Å². The number of rotatable bonds is 8. The molecule has 0 aliphatic heterocycles. The third-order valence-electron chi connectivity index (χ3n) is 4.28. The minimum atomic E-state index is -0.616. The van der Waals surface area contributed by atoms with Crippen molar-refractivity contribution >= 4 is 35.0 Å². The molecule has 0 aliphatic rings. The van der Waals surface area contributed by atoms with Crippen molar-refractivity contribution in [2.45, 2.75) is 0 Å². The van der Waals surface area contributed by atoms with E-state index in [9.17, 15) is 9.59 Å². The lowest BCUT2D eigenvalue weighted by Crippen LogP contribution is -2.17. The number of anilines is 2. The summed E-state index contributed by atoms with van der Waals surface area (Å²) >= 11 is 6.40. The van der Waals surface area contributed by atoms with Crippen LogP contribution in [0.25, 0.3) is 5.69 Å². The van der Waals surface area contributed by atoms with Gasteiger partial charge in [0.15, 0.2) is 0 Å². The molecule has 8 nitrogen and oxygen atoms in total. The minimum Gasteiger partial charge on any atom is -0.496 e. The van der Waals surface area contributed by atoms with Crippen LogP contribution in [0.3, 0.4) is 0 Å². The van der Waals surface area contributed by atoms with E-state index in [1.807, 2.05) is 29.1 Å². The van der Waals surface area contributed by atoms with Gasteiger partial charge in [0.2, 0.25) is 0 Å². The van der Waals surface area contributed by atoms with E-state index in [0.29, 0.717) is 34.4 Å². The van der Waals surface area contributed by atoms with Gasteiger partial charge in [-0.05, 0) is 36.4 Å². The summed E-state index contributed by atoms with van der Waals surface area (Å²) in [7, 11) is 3.00. The quantitative estimate of drug-likeness (QED) is 0.497. The van der Waals surface area contributed by atoms with Crippen LogP contribution in [0.1, 0.15) is 10.4 Å². The highest BCUT2D eigenvalue weighted by atomic mass is 35.5. The van der Waals surface area contributed by atoms with Crippen molar-refractivity contribution in [2.75, 3.05) is 38.1 Å². The highest BCUT2D eigenvalue weighted by Crippen LogP contribution is 2.30. The summed E-state index contributed by atoms with van der Waals surface area (Å²) in [5.74, 6) is -0.0285. The molecule has 3 rings (SSSR count). The first-order chi connectivity index (χ1) is 15.0. The summed E-state index contributed by atoms with van der Waals surface area (Å²) in [6.07, 6.45) is 3.08. The second kappa shape index (κ2) is 10.5. The summed E-state index contributed by atoms with van der Waals surface area (Å²) in [6, 6.07) is 13.7. The Labute approximate surface area is 184 Å². The van der Waals surface area contributed by atoms with E-state index in [2.05, 4.69) is 10.6 Å². The molecule has 0 bridgehead atoms. The molecule has 1 heterocycles. The molecule has 2 aromatic carbocycles. The molecular formula is C22H22ClN3O5. The Bertz CT molecular complexity index is 1050. The molecule has 31 heavy (non-hydrogen) atoms. The zero-order valence-corrected chi connectivity index (χ0v) is 17.8. The van der Waals surface area contributed by atoms with Gasteiger partial charge in [-0.15, -0.1) is 0 Å². The highest BCUT2D eigenvalue weighted by Gasteiger charge is 2.17.